The Labute approximate surface area is 162 Å². The lowest BCUT2D eigenvalue weighted by Crippen LogP contribution is -2.52. The summed E-state index contributed by atoms with van der Waals surface area (Å²) in [5.74, 6) is -0.136. The van der Waals surface area contributed by atoms with Gasteiger partial charge in [0, 0.05) is 25.6 Å². The van der Waals surface area contributed by atoms with Crippen LogP contribution >= 0.6 is 0 Å². The van der Waals surface area contributed by atoms with E-state index in [0.717, 1.165) is 43.9 Å². The fourth-order valence-corrected chi connectivity index (χ4v) is 5.56. The first-order chi connectivity index (χ1) is 12.7. The molecular weight excluding hydrogens is 364 g/mol. The lowest BCUT2D eigenvalue weighted by atomic mass is 9.76. The molecule has 1 heterocycles. The number of ether oxygens (including phenoxy) is 1. The summed E-state index contributed by atoms with van der Waals surface area (Å²) in [7, 11) is -1.80. The number of piperidine rings is 1. The van der Waals surface area contributed by atoms with Gasteiger partial charge in [-0.05, 0) is 50.3 Å². The molecule has 1 amide bonds. The summed E-state index contributed by atoms with van der Waals surface area (Å²) in [6.07, 6.45) is 6.59. The normalized spacial score (nSPS) is 25.7. The van der Waals surface area contributed by atoms with Crippen molar-refractivity contribution >= 4 is 21.6 Å². The second-order valence-corrected chi connectivity index (χ2v) is 9.91. The fourth-order valence-electron chi connectivity index (χ4n) is 4.72. The van der Waals surface area contributed by atoms with Gasteiger partial charge >= 0.3 is 0 Å². The maximum absolute atomic E-state index is 13.0. The molecule has 150 valence electrons. The van der Waals surface area contributed by atoms with Gasteiger partial charge in [0.15, 0.2) is 0 Å². The maximum Gasteiger partial charge on any atom is 0.243 e. The number of carbonyl (C=O) groups is 1. The highest BCUT2D eigenvalue weighted by atomic mass is 32.2. The van der Waals surface area contributed by atoms with E-state index in [2.05, 4.69) is 0 Å². The van der Waals surface area contributed by atoms with Crippen molar-refractivity contribution in [1.82, 2.24) is 4.90 Å². The topological polar surface area (TPSA) is 66.9 Å². The lowest BCUT2D eigenvalue weighted by molar-refractivity contribution is -0.135. The monoisotopic (exact) mass is 394 g/mol. The molecule has 1 aromatic carbocycles. The van der Waals surface area contributed by atoms with Crippen molar-refractivity contribution in [2.24, 2.45) is 5.41 Å². The number of likely N-dealkylation sites (tertiary alicyclic amines) is 1. The molecule has 27 heavy (non-hydrogen) atoms. The number of methoxy groups -OCH3 is 1. The predicted molar refractivity (Wildman–Crippen MR) is 106 cm³/mol. The third-order valence-electron chi connectivity index (χ3n) is 6.04. The largest absolute Gasteiger partial charge is 0.381 e. The number of hydrogen-bond acceptors (Lipinski definition) is 4. The van der Waals surface area contributed by atoms with Crippen LogP contribution in [0.1, 0.15) is 37.7 Å². The third-order valence-corrected chi connectivity index (χ3v) is 7.18. The number of nitrogens with zero attached hydrogens (tertiary/aromatic N) is 2. The van der Waals surface area contributed by atoms with Crippen LogP contribution in [-0.4, -0.2) is 58.3 Å². The van der Waals surface area contributed by atoms with E-state index in [1.165, 1.54) is 4.31 Å². The molecule has 2 atom stereocenters. The Kier molecular flexibility index (Phi) is 5.82. The molecule has 3 rings (SSSR count). The summed E-state index contributed by atoms with van der Waals surface area (Å²) in [6.45, 7) is 3.10. The predicted octanol–water partition coefficient (Wildman–Crippen LogP) is 2.57. The Balaban J connectivity index is 1.78. The number of amides is 1. The van der Waals surface area contributed by atoms with Crippen molar-refractivity contribution in [2.75, 3.05) is 37.3 Å². The molecule has 1 saturated heterocycles. The van der Waals surface area contributed by atoms with Gasteiger partial charge in [0.2, 0.25) is 15.9 Å². The van der Waals surface area contributed by atoms with E-state index in [1.54, 1.807) is 19.2 Å². The summed E-state index contributed by atoms with van der Waals surface area (Å²) in [4.78, 5) is 14.9. The molecule has 1 aromatic rings. The van der Waals surface area contributed by atoms with Gasteiger partial charge in [-0.25, -0.2) is 8.42 Å². The molecule has 0 aromatic heterocycles. The molecule has 7 heteroatoms. The minimum absolute atomic E-state index is 0.0297. The molecule has 0 unspecified atom stereocenters. The van der Waals surface area contributed by atoms with E-state index < -0.39 is 10.0 Å². The molecule has 0 N–H and O–H groups in total. The average Bonchev–Trinajstić information content (AvgIpc) is 3.00. The van der Waals surface area contributed by atoms with E-state index in [0.29, 0.717) is 18.8 Å². The minimum Gasteiger partial charge on any atom is -0.381 e. The first-order valence-corrected chi connectivity index (χ1v) is 11.4. The second-order valence-electron chi connectivity index (χ2n) is 8.01. The average molecular weight is 395 g/mol. The molecule has 1 spiro atoms. The molecular formula is C20H30N2O4S. The summed E-state index contributed by atoms with van der Waals surface area (Å²) in [5.41, 5.74) is 1.52. The molecule has 1 aliphatic carbocycles. The van der Waals surface area contributed by atoms with E-state index >= 15 is 0 Å². The zero-order chi connectivity index (χ0) is 19.7. The van der Waals surface area contributed by atoms with Crippen LogP contribution in [0.5, 0.6) is 0 Å². The fraction of sp³-hybridized carbons (Fsp3) is 0.650. The minimum atomic E-state index is -3.55. The third kappa shape index (κ3) is 4.29. The van der Waals surface area contributed by atoms with E-state index in [1.807, 2.05) is 24.0 Å². The number of hydrogen-bond donors (Lipinski definition) is 0. The number of aryl methyl sites for hydroxylation is 1. The number of rotatable bonds is 5. The van der Waals surface area contributed by atoms with E-state index in [4.69, 9.17) is 4.74 Å². The summed E-state index contributed by atoms with van der Waals surface area (Å²) in [5, 5.41) is 0. The molecule has 0 bridgehead atoms. The highest BCUT2D eigenvalue weighted by Gasteiger charge is 2.46. The summed E-state index contributed by atoms with van der Waals surface area (Å²) in [6, 6.07) is 7.25. The Morgan fingerprint density at radius 1 is 1.33 bits per heavy atom. The highest BCUT2D eigenvalue weighted by molar-refractivity contribution is 7.92. The Morgan fingerprint density at radius 3 is 2.74 bits per heavy atom. The van der Waals surface area contributed by atoms with Crippen molar-refractivity contribution in [1.29, 1.82) is 0 Å². The van der Waals surface area contributed by atoms with Crippen molar-refractivity contribution in [3.8, 4) is 0 Å². The van der Waals surface area contributed by atoms with Crippen LogP contribution < -0.4 is 4.31 Å². The SMILES string of the molecule is CO[C@@H]1CCC[C@@]12CCCN(C(=O)CN(c1cccc(C)c1)S(C)(=O)=O)C2. The van der Waals surface area contributed by atoms with Crippen LogP contribution in [0.15, 0.2) is 24.3 Å². The molecule has 0 radical (unpaired) electrons. The van der Waals surface area contributed by atoms with Crippen LogP contribution in [0.2, 0.25) is 0 Å². The molecule has 2 aliphatic rings. The van der Waals surface area contributed by atoms with Crippen molar-refractivity contribution in [3.05, 3.63) is 29.8 Å². The van der Waals surface area contributed by atoms with Crippen LogP contribution in [0.3, 0.4) is 0 Å². The Hall–Kier alpha value is -1.60. The van der Waals surface area contributed by atoms with Crippen molar-refractivity contribution < 1.29 is 17.9 Å². The maximum atomic E-state index is 13.0. The Bertz CT molecular complexity index is 795. The molecule has 2 fully saturated rings. The lowest BCUT2D eigenvalue weighted by Gasteiger charge is -2.44. The highest BCUT2D eigenvalue weighted by Crippen LogP contribution is 2.46. The quantitative estimate of drug-likeness (QED) is 0.770. The smallest absolute Gasteiger partial charge is 0.243 e. The number of benzene rings is 1. The number of sulfonamides is 1. The van der Waals surface area contributed by atoms with Gasteiger partial charge < -0.3 is 9.64 Å². The second kappa shape index (κ2) is 7.80. The number of carbonyl (C=O) groups excluding carboxylic acids is 1. The van der Waals surface area contributed by atoms with Crippen LogP contribution in [-0.2, 0) is 19.6 Å². The molecule has 6 nitrogen and oxygen atoms in total. The zero-order valence-electron chi connectivity index (χ0n) is 16.5. The van der Waals surface area contributed by atoms with Gasteiger partial charge in [0.05, 0.1) is 18.0 Å². The summed E-state index contributed by atoms with van der Waals surface area (Å²) >= 11 is 0. The Morgan fingerprint density at radius 2 is 2.07 bits per heavy atom. The molecule has 1 aliphatic heterocycles. The zero-order valence-corrected chi connectivity index (χ0v) is 17.3. The summed E-state index contributed by atoms with van der Waals surface area (Å²) < 4.78 is 31.6. The van der Waals surface area contributed by atoms with Crippen LogP contribution in [0, 0.1) is 12.3 Å². The van der Waals surface area contributed by atoms with Gasteiger partial charge in [-0.1, -0.05) is 18.6 Å². The van der Waals surface area contributed by atoms with Gasteiger partial charge in [-0.15, -0.1) is 0 Å². The first-order valence-electron chi connectivity index (χ1n) is 9.60. The van der Waals surface area contributed by atoms with Gasteiger partial charge in [0.25, 0.3) is 0 Å². The van der Waals surface area contributed by atoms with E-state index in [-0.39, 0.29) is 24.0 Å². The standard InChI is InChI=1S/C20H30N2O4S/c1-16-7-4-8-17(13-16)22(27(3,24)25)14-19(23)21-12-6-11-20(15-21)10-5-9-18(20)26-2/h4,7-8,13,18H,5-6,9-12,14-15H2,1-3H3/t18-,20+/m1/s1. The van der Waals surface area contributed by atoms with Gasteiger partial charge in [-0.3, -0.25) is 9.10 Å². The van der Waals surface area contributed by atoms with Crippen molar-refractivity contribution in [3.63, 3.8) is 0 Å². The van der Waals surface area contributed by atoms with E-state index in [9.17, 15) is 13.2 Å². The van der Waals surface area contributed by atoms with Gasteiger partial charge in [-0.2, -0.15) is 0 Å². The molecule has 1 saturated carbocycles. The number of anilines is 1. The first kappa shape index (κ1) is 20.1. The van der Waals surface area contributed by atoms with Gasteiger partial charge in [0.1, 0.15) is 6.54 Å². The van der Waals surface area contributed by atoms with Crippen molar-refractivity contribution in [2.45, 2.75) is 45.1 Å². The van der Waals surface area contributed by atoms with Crippen LogP contribution in [0.25, 0.3) is 0 Å². The van der Waals surface area contributed by atoms with Crippen LogP contribution in [0.4, 0.5) is 5.69 Å².